The summed E-state index contributed by atoms with van der Waals surface area (Å²) in [6.07, 6.45) is 1.37. The summed E-state index contributed by atoms with van der Waals surface area (Å²) in [6, 6.07) is 9.41. The Kier molecular flexibility index (Phi) is 6.75. The van der Waals surface area contributed by atoms with Gasteiger partial charge in [-0.15, -0.1) is 0 Å². The minimum absolute atomic E-state index is 0.000662. The zero-order valence-electron chi connectivity index (χ0n) is 13.5. The average molecular weight is 309 g/mol. The van der Waals surface area contributed by atoms with Crippen LogP contribution in [0.2, 0.25) is 0 Å². The van der Waals surface area contributed by atoms with Crippen molar-refractivity contribution in [2.75, 3.05) is 12.3 Å². The number of amides is 1. The normalized spacial score (nSPS) is 14.5. The molecule has 1 aromatic carbocycles. The van der Waals surface area contributed by atoms with E-state index in [0.717, 1.165) is 17.7 Å². The first-order valence-corrected chi connectivity index (χ1v) is 8.38. The van der Waals surface area contributed by atoms with E-state index < -0.39 is 5.60 Å². The van der Waals surface area contributed by atoms with Gasteiger partial charge in [0.05, 0.1) is 6.54 Å². The van der Waals surface area contributed by atoms with Gasteiger partial charge in [0.25, 0.3) is 0 Å². The fraction of sp³-hybridized carbons (Fsp3) is 0.588. The quantitative estimate of drug-likeness (QED) is 0.760. The summed E-state index contributed by atoms with van der Waals surface area (Å²) in [6.45, 7) is 8.48. The predicted molar refractivity (Wildman–Crippen MR) is 90.5 cm³/mol. The molecule has 0 aliphatic carbocycles. The molecule has 0 saturated carbocycles. The second kappa shape index (κ2) is 7.85. The molecule has 0 bridgehead atoms. The van der Waals surface area contributed by atoms with Gasteiger partial charge in [-0.25, -0.2) is 0 Å². The summed E-state index contributed by atoms with van der Waals surface area (Å²) in [4.78, 5) is 11.8. The Morgan fingerprint density at radius 1 is 1.19 bits per heavy atom. The maximum atomic E-state index is 11.8. The molecule has 1 unspecified atom stereocenters. The molecule has 21 heavy (non-hydrogen) atoms. The highest BCUT2D eigenvalue weighted by atomic mass is 32.2. The van der Waals surface area contributed by atoms with Crippen molar-refractivity contribution in [2.24, 2.45) is 0 Å². The van der Waals surface area contributed by atoms with Crippen LogP contribution in [0.4, 0.5) is 0 Å². The molecule has 0 radical (unpaired) electrons. The molecular weight excluding hydrogens is 282 g/mol. The molecule has 0 spiro atoms. The summed E-state index contributed by atoms with van der Waals surface area (Å²) >= 11 is 1.87. The molecule has 1 amide bonds. The van der Waals surface area contributed by atoms with Crippen molar-refractivity contribution in [3.05, 3.63) is 35.9 Å². The number of aliphatic hydroxyl groups is 1. The minimum Gasteiger partial charge on any atom is -0.384 e. The van der Waals surface area contributed by atoms with Crippen molar-refractivity contribution >= 4 is 17.7 Å². The Balaban J connectivity index is 2.30. The van der Waals surface area contributed by atoms with Gasteiger partial charge in [-0.05, 0) is 24.7 Å². The SMILES string of the molecule is CC(C)(C)SCCCC(=O)NCC(C)(O)c1ccccc1. The molecule has 0 heterocycles. The molecular formula is C17H27NO2S. The van der Waals surface area contributed by atoms with Gasteiger partial charge in [0.1, 0.15) is 5.60 Å². The predicted octanol–water partition coefficient (Wildman–Crippen LogP) is 3.32. The van der Waals surface area contributed by atoms with E-state index in [4.69, 9.17) is 0 Å². The minimum atomic E-state index is -1.03. The third-order valence-corrected chi connectivity index (χ3v) is 4.47. The molecule has 1 rings (SSSR count). The van der Waals surface area contributed by atoms with E-state index in [1.807, 2.05) is 42.1 Å². The van der Waals surface area contributed by atoms with Crippen LogP contribution in [0, 0.1) is 0 Å². The van der Waals surface area contributed by atoms with Gasteiger partial charge in [-0.2, -0.15) is 11.8 Å². The molecule has 0 fully saturated rings. The van der Waals surface area contributed by atoms with Crippen LogP contribution in [0.3, 0.4) is 0 Å². The van der Waals surface area contributed by atoms with Crippen molar-refractivity contribution in [2.45, 2.75) is 50.9 Å². The summed E-state index contributed by atoms with van der Waals surface area (Å²) in [5.74, 6) is 0.979. The van der Waals surface area contributed by atoms with Crippen LogP contribution in [-0.4, -0.2) is 28.1 Å². The fourth-order valence-corrected chi connectivity index (χ4v) is 2.77. The van der Waals surface area contributed by atoms with Crippen molar-refractivity contribution in [1.82, 2.24) is 5.32 Å². The van der Waals surface area contributed by atoms with Crippen LogP contribution in [0.1, 0.15) is 46.1 Å². The number of hydrogen-bond donors (Lipinski definition) is 2. The van der Waals surface area contributed by atoms with Gasteiger partial charge in [0.2, 0.25) is 5.91 Å². The highest BCUT2D eigenvalue weighted by molar-refractivity contribution is 8.00. The number of carbonyl (C=O) groups is 1. The van der Waals surface area contributed by atoms with E-state index in [2.05, 4.69) is 26.1 Å². The lowest BCUT2D eigenvalue weighted by atomic mass is 9.96. The van der Waals surface area contributed by atoms with Crippen LogP contribution in [0.15, 0.2) is 30.3 Å². The molecule has 0 aliphatic rings. The lowest BCUT2D eigenvalue weighted by Crippen LogP contribution is -2.38. The smallest absolute Gasteiger partial charge is 0.220 e. The Hall–Kier alpha value is -1.00. The number of hydrogen-bond acceptors (Lipinski definition) is 3. The van der Waals surface area contributed by atoms with Gasteiger partial charge in [-0.1, -0.05) is 51.1 Å². The number of nitrogens with one attached hydrogen (secondary N) is 1. The van der Waals surface area contributed by atoms with E-state index in [1.165, 1.54) is 0 Å². The van der Waals surface area contributed by atoms with Gasteiger partial charge in [-0.3, -0.25) is 4.79 Å². The molecule has 2 N–H and O–H groups in total. The van der Waals surface area contributed by atoms with Gasteiger partial charge in [0, 0.05) is 11.2 Å². The Morgan fingerprint density at radius 3 is 2.38 bits per heavy atom. The Morgan fingerprint density at radius 2 is 1.81 bits per heavy atom. The van der Waals surface area contributed by atoms with E-state index >= 15 is 0 Å². The lowest BCUT2D eigenvalue weighted by Gasteiger charge is -2.24. The molecule has 0 aromatic heterocycles. The van der Waals surface area contributed by atoms with E-state index in [0.29, 0.717) is 6.42 Å². The van der Waals surface area contributed by atoms with Crippen molar-refractivity contribution in [3.8, 4) is 0 Å². The van der Waals surface area contributed by atoms with Gasteiger partial charge >= 0.3 is 0 Å². The third-order valence-electron chi connectivity index (χ3n) is 3.11. The first-order chi connectivity index (χ1) is 9.71. The standard InChI is InChI=1S/C17H27NO2S/c1-16(2,3)21-12-8-11-15(19)18-13-17(4,20)14-9-6-5-7-10-14/h5-7,9-10,20H,8,11-13H2,1-4H3,(H,18,19). The zero-order valence-corrected chi connectivity index (χ0v) is 14.3. The molecule has 4 heteroatoms. The lowest BCUT2D eigenvalue weighted by molar-refractivity contribution is -0.122. The topological polar surface area (TPSA) is 49.3 Å². The second-order valence-corrected chi connectivity index (χ2v) is 8.40. The van der Waals surface area contributed by atoms with Crippen molar-refractivity contribution < 1.29 is 9.90 Å². The molecule has 0 saturated heterocycles. The number of benzene rings is 1. The van der Waals surface area contributed by atoms with Gasteiger partial charge in [0.15, 0.2) is 0 Å². The first kappa shape index (κ1) is 18.1. The van der Waals surface area contributed by atoms with Crippen LogP contribution in [-0.2, 0) is 10.4 Å². The summed E-state index contributed by atoms with van der Waals surface area (Å²) in [7, 11) is 0. The van der Waals surface area contributed by atoms with E-state index in [9.17, 15) is 9.90 Å². The van der Waals surface area contributed by atoms with Crippen LogP contribution < -0.4 is 5.32 Å². The Bertz CT molecular complexity index is 438. The van der Waals surface area contributed by atoms with Crippen molar-refractivity contribution in [3.63, 3.8) is 0 Å². The molecule has 3 nitrogen and oxygen atoms in total. The molecule has 0 aliphatic heterocycles. The summed E-state index contributed by atoms with van der Waals surface area (Å²) < 4.78 is 0.244. The first-order valence-electron chi connectivity index (χ1n) is 7.39. The van der Waals surface area contributed by atoms with Crippen LogP contribution >= 0.6 is 11.8 Å². The monoisotopic (exact) mass is 309 g/mol. The second-order valence-electron chi connectivity index (χ2n) is 6.48. The maximum Gasteiger partial charge on any atom is 0.220 e. The summed E-state index contributed by atoms with van der Waals surface area (Å²) in [5.41, 5.74) is -0.217. The molecule has 1 atom stereocenters. The number of carbonyl (C=O) groups excluding carboxylic acids is 1. The largest absolute Gasteiger partial charge is 0.384 e. The van der Waals surface area contributed by atoms with Crippen molar-refractivity contribution in [1.29, 1.82) is 0 Å². The molecule has 118 valence electrons. The average Bonchev–Trinajstić information content (AvgIpc) is 2.41. The third kappa shape index (κ3) is 7.53. The number of rotatable bonds is 7. The number of thioether (sulfide) groups is 1. The highest BCUT2D eigenvalue weighted by Crippen LogP contribution is 2.24. The Labute approximate surface area is 132 Å². The van der Waals surface area contributed by atoms with Crippen LogP contribution in [0.5, 0.6) is 0 Å². The van der Waals surface area contributed by atoms with Gasteiger partial charge < -0.3 is 10.4 Å². The van der Waals surface area contributed by atoms with E-state index in [1.54, 1.807) is 6.92 Å². The molecule has 1 aromatic rings. The van der Waals surface area contributed by atoms with E-state index in [-0.39, 0.29) is 17.2 Å². The maximum absolute atomic E-state index is 11.8. The fourth-order valence-electron chi connectivity index (χ4n) is 1.87. The zero-order chi connectivity index (χ0) is 15.9. The van der Waals surface area contributed by atoms with Crippen LogP contribution in [0.25, 0.3) is 0 Å². The summed E-state index contributed by atoms with van der Waals surface area (Å²) in [5, 5.41) is 13.2. The highest BCUT2D eigenvalue weighted by Gasteiger charge is 2.23.